The van der Waals surface area contributed by atoms with Gasteiger partial charge < -0.3 is 10.6 Å². The van der Waals surface area contributed by atoms with Crippen molar-refractivity contribution in [2.45, 2.75) is 59.8 Å². The topological polar surface area (TPSA) is 37.0 Å². The Morgan fingerprint density at radius 1 is 1.00 bits per heavy atom. The van der Waals surface area contributed by atoms with E-state index in [2.05, 4.69) is 49.4 Å². The highest BCUT2D eigenvalue weighted by Gasteiger charge is 2.16. The van der Waals surface area contributed by atoms with Crippen LogP contribution in [0.15, 0.2) is 18.5 Å². The average molecular weight is 277 g/mol. The van der Waals surface area contributed by atoms with Gasteiger partial charge >= 0.3 is 0 Å². The van der Waals surface area contributed by atoms with Crippen LogP contribution in [0.5, 0.6) is 0 Å². The molecule has 0 aliphatic carbocycles. The Labute approximate surface area is 124 Å². The molecular weight excluding hydrogens is 246 g/mol. The number of hydrogen-bond acceptors (Lipinski definition) is 3. The highest BCUT2D eigenvalue weighted by molar-refractivity contribution is 5.53. The van der Waals surface area contributed by atoms with Gasteiger partial charge in [-0.2, -0.15) is 0 Å². The number of nitrogens with zero attached hydrogens (tertiary/aromatic N) is 1. The Morgan fingerprint density at radius 3 is 2.35 bits per heavy atom. The molecule has 1 rings (SSSR count). The van der Waals surface area contributed by atoms with Crippen molar-refractivity contribution in [2.75, 3.05) is 23.7 Å². The maximum absolute atomic E-state index is 4.29. The van der Waals surface area contributed by atoms with E-state index in [4.69, 9.17) is 0 Å². The van der Waals surface area contributed by atoms with Gasteiger partial charge in [0.1, 0.15) is 0 Å². The Hall–Kier alpha value is -1.25. The molecule has 0 unspecified atom stereocenters. The molecule has 3 nitrogen and oxygen atoms in total. The fraction of sp³-hybridized carbons (Fsp3) is 0.706. The highest BCUT2D eigenvalue weighted by atomic mass is 14.9. The number of hydrogen-bond donors (Lipinski definition) is 2. The molecule has 1 heterocycles. The fourth-order valence-electron chi connectivity index (χ4n) is 2.19. The van der Waals surface area contributed by atoms with Crippen molar-refractivity contribution < 1.29 is 0 Å². The normalized spacial score (nSPS) is 11.4. The lowest BCUT2D eigenvalue weighted by Gasteiger charge is -2.25. The molecule has 0 saturated carbocycles. The molecule has 0 bridgehead atoms. The van der Waals surface area contributed by atoms with Crippen molar-refractivity contribution in [2.24, 2.45) is 5.41 Å². The highest BCUT2D eigenvalue weighted by Crippen LogP contribution is 2.24. The van der Waals surface area contributed by atoms with Crippen molar-refractivity contribution in [3.63, 3.8) is 0 Å². The second-order valence-corrected chi connectivity index (χ2v) is 6.36. The van der Waals surface area contributed by atoms with Crippen molar-refractivity contribution in [1.82, 2.24) is 4.98 Å². The summed E-state index contributed by atoms with van der Waals surface area (Å²) < 4.78 is 0. The van der Waals surface area contributed by atoms with Crippen molar-refractivity contribution in [3.05, 3.63) is 18.5 Å². The van der Waals surface area contributed by atoms with Crippen molar-refractivity contribution in [1.29, 1.82) is 0 Å². The zero-order valence-corrected chi connectivity index (χ0v) is 13.6. The van der Waals surface area contributed by atoms with Gasteiger partial charge in [-0.25, -0.2) is 0 Å². The summed E-state index contributed by atoms with van der Waals surface area (Å²) in [5, 5.41) is 6.90. The summed E-state index contributed by atoms with van der Waals surface area (Å²) >= 11 is 0. The number of unbranched alkanes of at least 4 members (excludes halogenated alkanes) is 2. The van der Waals surface area contributed by atoms with Gasteiger partial charge in [-0.05, 0) is 24.3 Å². The molecule has 1 aromatic heterocycles. The van der Waals surface area contributed by atoms with Crippen LogP contribution in [0.3, 0.4) is 0 Å². The van der Waals surface area contributed by atoms with Gasteiger partial charge in [0.2, 0.25) is 0 Å². The minimum atomic E-state index is 0.335. The number of nitrogens with one attached hydrogen (secondary N) is 2. The fourth-order valence-corrected chi connectivity index (χ4v) is 2.19. The lowest BCUT2D eigenvalue weighted by atomic mass is 9.87. The molecule has 3 heteroatoms. The Bertz CT molecular complexity index is 374. The zero-order chi connectivity index (χ0) is 14.8. The summed E-state index contributed by atoms with van der Waals surface area (Å²) in [4.78, 5) is 4.29. The molecule has 0 saturated heterocycles. The van der Waals surface area contributed by atoms with E-state index in [9.17, 15) is 0 Å². The van der Waals surface area contributed by atoms with Crippen LogP contribution in [-0.2, 0) is 0 Å². The molecule has 1 aromatic rings. The smallest absolute Gasteiger partial charge is 0.0547 e. The van der Waals surface area contributed by atoms with E-state index in [1.54, 1.807) is 0 Å². The van der Waals surface area contributed by atoms with E-state index < -0.39 is 0 Å². The van der Waals surface area contributed by atoms with Crippen LogP contribution in [0, 0.1) is 5.41 Å². The first-order chi connectivity index (χ1) is 9.57. The third-order valence-electron chi connectivity index (χ3n) is 3.55. The zero-order valence-electron chi connectivity index (χ0n) is 13.6. The van der Waals surface area contributed by atoms with E-state index in [1.165, 1.54) is 25.7 Å². The standard InChI is InChI=1S/C17H31N3/c1-5-7-8-9-17(3,4)14-20-16-11-15(12-18-13-16)19-10-6-2/h11-13,19-20H,5-10,14H2,1-4H3. The third-order valence-corrected chi connectivity index (χ3v) is 3.55. The summed E-state index contributed by atoms with van der Waals surface area (Å²) in [6, 6.07) is 2.14. The Morgan fingerprint density at radius 2 is 1.70 bits per heavy atom. The average Bonchev–Trinajstić information content (AvgIpc) is 2.44. The predicted octanol–water partition coefficient (Wildman–Crippen LogP) is 4.92. The lowest BCUT2D eigenvalue weighted by molar-refractivity contribution is 0.342. The molecule has 20 heavy (non-hydrogen) atoms. The van der Waals surface area contributed by atoms with E-state index >= 15 is 0 Å². The van der Waals surface area contributed by atoms with E-state index in [0.717, 1.165) is 30.9 Å². The summed E-state index contributed by atoms with van der Waals surface area (Å²) in [5.41, 5.74) is 2.54. The van der Waals surface area contributed by atoms with Crippen LogP contribution in [0.25, 0.3) is 0 Å². The van der Waals surface area contributed by atoms with Crippen LogP contribution in [0.1, 0.15) is 59.8 Å². The molecule has 0 spiro atoms. The van der Waals surface area contributed by atoms with E-state index in [-0.39, 0.29) is 0 Å². The number of pyridine rings is 1. The van der Waals surface area contributed by atoms with Gasteiger partial charge in [0, 0.05) is 13.1 Å². The van der Waals surface area contributed by atoms with Gasteiger partial charge in [0.15, 0.2) is 0 Å². The molecule has 0 aliphatic rings. The van der Waals surface area contributed by atoms with Crippen molar-refractivity contribution >= 4 is 11.4 Å². The van der Waals surface area contributed by atoms with Crippen LogP contribution in [-0.4, -0.2) is 18.1 Å². The first kappa shape index (κ1) is 16.8. The molecule has 0 amide bonds. The van der Waals surface area contributed by atoms with E-state index in [1.807, 2.05) is 12.4 Å². The van der Waals surface area contributed by atoms with Crippen LogP contribution < -0.4 is 10.6 Å². The van der Waals surface area contributed by atoms with Gasteiger partial charge in [-0.1, -0.05) is 47.0 Å². The molecule has 0 radical (unpaired) electrons. The quantitative estimate of drug-likeness (QED) is 0.596. The molecule has 114 valence electrons. The SMILES string of the molecule is CCCCCC(C)(C)CNc1cncc(NCCC)c1. The van der Waals surface area contributed by atoms with Crippen LogP contribution >= 0.6 is 0 Å². The first-order valence-electron chi connectivity index (χ1n) is 8.00. The second-order valence-electron chi connectivity index (χ2n) is 6.36. The Kier molecular flexibility index (Phi) is 7.42. The molecular formula is C17H31N3. The minimum Gasteiger partial charge on any atom is -0.384 e. The van der Waals surface area contributed by atoms with Crippen molar-refractivity contribution in [3.8, 4) is 0 Å². The largest absolute Gasteiger partial charge is 0.384 e. The summed E-state index contributed by atoms with van der Waals surface area (Å²) in [7, 11) is 0. The van der Waals surface area contributed by atoms with E-state index in [0.29, 0.717) is 5.41 Å². The number of aromatic nitrogens is 1. The summed E-state index contributed by atoms with van der Waals surface area (Å²) in [6.07, 6.45) is 10.1. The Balaban J connectivity index is 2.43. The summed E-state index contributed by atoms with van der Waals surface area (Å²) in [6.45, 7) is 11.1. The van der Waals surface area contributed by atoms with Gasteiger partial charge in [-0.3, -0.25) is 4.98 Å². The minimum absolute atomic E-state index is 0.335. The number of anilines is 2. The van der Waals surface area contributed by atoms with Crippen LogP contribution in [0.2, 0.25) is 0 Å². The maximum Gasteiger partial charge on any atom is 0.0547 e. The summed E-state index contributed by atoms with van der Waals surface area (Å²) in [5.74, 6) is 0. The van der Waals surface area contributed by atoms with Gasteiger partial charge in [-0.15, -0.1) is 0 Å². The van der Waals surface area contributed by atoms with Crippen LogP contribution in [0.4, 0.5) is 11.4 Å². The van der Waals surface area contributed by atoms with Gasteiger partial charge in [0.05, 0.1) is 23.8 Å². The molecule has 0 aromatic carbocycles. The molecule has 0 atom stereocenters. The second kappa shape index (κ2) is 8.83. The monoisotopic (exact) mass is 277 g/mol. The maximum atomic E-state index is 4.29. The first-order valence-corrected chi connectivity index (χ1v) is 8.00. The predicted molar refractivity (Wildman–Crippen MR) is 89.4 cm³/mol. The molecule has 0 aliphatic heterocycles. The molecule has 0 fully saturated rings. The third kappa shape index (κ3) is 6.78. The lowest BCUT2D eigenvalue weighted by Crippen LogP contribution is -2.23. The molecule has 2 N–H and O–H groups in total. The van der Waals surface area contributed by atoms with Gasteiger partial charge in [0.25, 0.3) is 0 Å². The number of rotatable bonds is 10.